The number of ether oxygens (including phenoxy) is 1. The molecule has 1 aliphatic carbocycles. The average molecular weight is 169 g/mol. The lowest BCUT2D eigenvalue weighted by Crippen LogP contribution is -2.23. The fourth-order valence-electron chi connectivity index (χ4n) is 2.43. The van der Waals surface area contributed by atoms with Crippen LogP contribution in [-0.4, -0.2) is 26.3 Å². The summed E-state index contributed by atoms with van der Waals surface area (Å²) in [6.45, 7) is 6.53. The molecule has 0 radical (unpaired) electrons. The zero-order valence-corrected chi connectivity index (χ0v) is 7.94. The Hall–Kier alpha value is -0.0800. The summed E-state index contributed by atoms with van der Waals surface area (Å²) in [6.07, 6.45) is 4.06. The van der Waals surface area contributed by atoms with E-state index in [0.717, 1.165) is 25.7 Å². The normalized spacial score (nSPS) is 32.2. The van der Waals surface area contributed by atoms with Gasteiger partial charge in [-0.25, -0.2) is 0 Å². The first-order valence-corrected chi connectivity index (χ1v) is 5.16. The second-order valence-electron chi connectivity index (χ2n) is 4.18. The van der Waals surface area contributed by atoms with Crippen LogP contribution in [0.15, 0.2) is 0 Å². The van der Waals surface area contributed by atoms with E-state index in [1.807, 2.05) is 0 Å². The van der Waals surface area contributed by atoms with Crippen molar-refractivity contribution >= 4 is 0 Å². The van der Waals surface area contributed by atoms with Crippen molar-refractivity contribution in [3.63, 3.8) is 0 Å². The molecule has 1 N–H and O–H groups in total. The summed E-state index contributed by atoms with van der Waals surface area (Å²) in [5, 5.41) is 3.44. The van der Waals surface area contributed by atoms with E-state index >= 15 is 0 Å². The molecular formula is C10H19NO. The highest BCUT2D eigenvalue weighted by molar-refractivity contribution is 5.03. The van der Waals surface area contributed by atoms with Gasteiger partial charge < -0.3 is 10.1 Å². The maximum atomic E-state index is 5.38. The number of hydrogen-bond acceptors (Lipinski definition) is 2. The van der Waals surface area contributed by atoms with Crippen molar-refractivity contribution in [1.82, 2.24) is 5.32 Å². The number of nitrogens with one attached hydrogen (secondary N) is 1. The second-order valence-corrected chi connectivity index (χ2v) is 4.18. The van der Waals surface area contributed by atoms with Gasteiger partial charge in [-0.15, -0.1) is 0 Å². The van der Waals surface area contributed by atoms with Gasteiger partial charge in [-0.1, -0.05) is 6.92 Å². The van der Waals surface area contributed by atoms with Crippen LogP contribution in [0.1, 0.15) is 26.2 Å². The molecule has 2 nitrogen and oxygen atoms in total. The van der Waals surface area contributed by atoms with Crippen molar-refractivity contribution in [3.8, 4) is 0 Å². The van der Waals surface area contributed by atoms with Gasteiger partial charge >= 0.3 is 0 Å². The molecule has 1 heterocycles. The fourth-order valence-corrected chi connectivity index (χ4v) is 2.43. The minimum atomic E-state index is 0.709. The molecule has 0 aromatic carbocycles. The van der Waals surface area contributed by atoms with Gasteiger partial charge in [0, 0.05) is 13.2 Å². The molecule has 0 aromatic rings. The third kappa shape index (κ3) is 1.50. The van der Waals surface area contributed by atoms with E-state index in [2.05, 4.69) is 12.2 Å². The standard InChI is InChI=1S/C10H19NO/c1-2-11-8-9-7-10(9)3-5-12-6-4-10/h9,11H,2-8H2,1H3. The smallest absolute Gasteiger partial charge is 0.0471 e. The average Bonchev–Trinajstić information content (AvgIpc) is 2.77. The molecule has 1 unspecified atom stereocenters. The fraction of sp³-hybridized carbons (Fsp3) is 1.00. The lowest BCUT2D eigenvalue weighted by atomic mass is 9.94. The molecule has 12 heavy (non-hydrogen) atoms. The quantitative estimate of drug-likeness (QED) is 0.689. The summed E-state index contributed by atoms with van der Waals surface area (Å²) in [5.41, 5.74) is 0.709. The Morgan fingerprint density at radius 2 is 2.17 bits per heavy atom. The highest BCUT2D eigenvalue weighted by Gasteiger charge is 2.53. The first-order chi connectivity index (χ1) is 5.87. The van der Waals surface area contributed by atoms with Gasteiger partial charge in [-0.05, 0) is 43.7 Å². The third-order valence-electron chi connectivity index (χ3n) is 3.49. The molecular weight excluding hydrogens is 150 g/mol. The molecule has 2 heteroatoms. The topological polar surface area (TPSA) is 21.3 Å². The van der Waals surface area contributed by atoms with Gasteiger partial charge in [-0.2, -0.15) is 0 Å². The first-order valence-electron chi connectivity index (χ1n) is 5.16. The van der Waals surface area contributed by atoms with Crippen molar-refractivity contribution < 1.29 is 4.74 Å². The molecule has 1 atom stereocenters. The van der Waals surface area contributed by atoms with Crippen LogP contribution in [0.4, 0.5) is 0 Å². The van der Waals surface area contributed by atoms with E-state index in [1.54, 1.807) is 0 Å². The highest BCUT2D eigenvalue weighted by atomic mass is 16.5. The molecule has 2 aliphatic rings. The molecule has 70 valence electrons. The molecule has 2 rings (SSSR count). The summed E-state index contributed by atoms with van der Waals surface area (Å²) in [5.74, 6) is 0.960. The van der Waals surface area contributed by atoms with Crippen LogP contribution < -0.4 is 5.32 Å². The van der Waals surface area contributed by atoms with Gasteiger partial charge in [0.05, 0.1) is 0 Å². The number of rotatable bonds is 3. The lowest BCUT2D eigenvalue weighted by molar-refractivity contribution is 0.0520. The Morgan fingerprint density at radius 1 is 1.42 bits per heavy atom. The molecule has 0 aromatic heterocycles. The summed E-state index contributed by atoms with van der Waals surface area (Å²) in [7, 11) is 0. The minimum Gasteiger partial charge on any atom is -0.381 e. The number of hydrogen-bond donors (Lipinski definition) is 1. The SMILES string of the molecule is CCNCC1CC12CCOCC2. The van der Waals surface area contributed by atoms with E-state index in [1.165, 1.54) is 25.8 Å². The summed E-state index contributed by atoms with van der Waals surface area (Å²) in [4.78, 5) is 0. The van der Waals surface area contributed by atoms with Crippen LogP contribution in [-0.2, 0) is 4.74 Å². The maximum absolute atomic E-state index is 5.38. The van der Waals surface area contributed by atoms with Crippen molar-refractivity contribution in [2.75, 3.05) is 26.3 Å². The molecule has 0 amide bonds. The molecule has 1 saturated carbocycles. The lowest BCUT2D eigenvalue weighted by Gasteiger charge is -2.22. The third-order valence-corrected chi connectivity index (χ3v) is 3.49. The largest absolute Gasteiger partial charge is 0.381 e. The van der Waals surface area contributed by atoms with E-state index in [-0.39, 0.29) is 0 Å². The zero-order valence-electron chi connectivity index (χ0n) is 7.94. The van der Waals surface area contributed by atoms with Crippen molar-refractivity contribution in [2.45, 2.75) is 26.2 Å². The Morgan fingerprint density at radius 3 is 2.83 bits per heavy atom. The van der Waals surface area contributed by atoms with E-state index in [4.69, 9.17) is 4.74 Å². The molecule has 0 bridgehead atoms. The predicted octanol–water partition coefficient (Wildman–Crippen LogP) is 1.41. The van der Waals surface area contributed by atoms with Crippen LogP contribution in [0.2, 0.25) is 0 Å². The van der Waals surface area contributed by atoms with Gasteiger partial charge in [0.25, 0.3) is 0 Å². The first kappa shape index (κ1) is 8.52. The molecule has 2 fully saturated rings. The van der Waals surface area contributed by atoms with E-state index < -0.39 is 0 Å². The van der Waals surface area contributed by atoms with Crippen LogP contribution in [0, 0.1) is 11.3 Å². The van der Waals surface area contributed by atoms with Crippen molar-refractivity contribution in [2.24, 2.45) is 11.3 Å². The Kier molecular flexibility index (Phi) is 2.37. The Labute approximate surface area is 74.7 Å². The van der Waals surface area contributed by atoms with Gasteiger partial charge in [-0.3, -0.25) is 0 Å². The van der Waals surface area contributed by atoms with Crippen LogP contribution in [0.25, 0.3) is 0 Å². The summed E-state index contributed by atoms with van der Waals surface area (Å²) >= 11 is 0. The van der Waals surface area contributed by atoms with Crippen LogP contribution in [0.3, 0.4) is 0 Å². The van der Waals surface area contributed by atoms with Crippen LogP contribution >= 0.6 is 0 Å². The highest BCUT2D eigenvalue weighted by Crippen LogP contribution is 2.58. The zero-order chi connectivity index (χ0) is 8.44. The molecule has 1 saturated heterocycles. The monoisotopic (exact) mass is 169 g/mol. The van der Waals surface area contributed by atoms with Crippen LogP contribution in [0.5, 0.6) is 0 Å². The van der Waals surface area contributed by atoms with Gasteiger partial charge in [0.2, 0.25) is 0 Å². The van der Waals surface area contributed by atoms with Gasteiger partial charge in [0.1, 0.15) is 0 Å². The minimum absolute atomic E-state index is 0.709. The van der Waals surface area contributed by atoms with Crippen molar-refractivity contribution in [3.05, 3.63) is 0 Å². The molecule has 1 aliphatic heterocycles. The Bertz CT molecular complexity index is 150. The van der Waals surface area contributed by atoms with E-state index in [0.29, 0.717) is 5.41 Å². The maximum Gasteiger partial charge on any atom is 0.0471 e. The van der Waals surface area contributed by atoms with E-state index in [9.17, 15) is 0 Å². The van der Waals surface area contributed by atoms with Crippen molar-refractivity contribution in [1.29, 1.82) is 0 Å². The second kappa shape index (κ2) is 3.35. The summed E-state index contributed by atoms with van der Waals surface area (Å²) in [6, 6.07) is 0. The van der Waals surface area contributed by atoms with Gasteiger partial charge in [0.15, 0.2) is 0 Å². The summed E-state index contributed by atoms with van der Waals surface area (Å²) < 4.78 is 5.38. The predicted molar refractivity (Wildman–Crippen MR) is 49.1 cm³/mol. The molecule has 1 spiro atoms. The Balaban J connectivity index is 1.75.